The summed E-state index contributed by atoms with van der Waals surface area (Å²) in [6.07, 6.45) is 0.476. The van der Waals surface area contributed by atoms with Crippen LogP contribution in [0.3, 0.4) is 0 Å². The van der Waals surface area contributed by atoms with Gasteiger partial charge in [-0.1, -0.05) is 0 Å². The summed E-state index contributed by atoms with van der Waals surface area (Å²) in [4.78, 5) is 16.0. The number of guanidine groups is 1. The average Bonchev–Trinajstić information content (AvgIpc) is 2.69. The number of nitrogens with one attached hydrogen (secondary N) is 2. The smallest absolute Gasteiger partial charge is 0.228 e. The van der Waals surface area contributed by atoms with Crippen molar-refractivity contribution in [2.45, 2.75) is 33.2 Å². The predicted molar refractivity (Wildman–Crippen MR) is 80.8 cm³/mol. The number of H-pyrrole nitrogens is 1. The van der Waals surface area contributed by atoms with E-state index >= 15 is 0 Å². The molecule has 0 saturated heterocycles. The van der Waals surface area contributed by atoms with Crippen molar-refractivity contribution >= 4 is 28.8 Å². The molecule has 3 rings (SSSR count). The van der Waals surface area contributed by atoms with Crippen LogP contribution in [0, 0.1) is 13.8 Å². The Morgan fingerprint density at radius 1 is 1.30 bits per heavy atom. The molecule has 1 aromatic heterocycles. The molecule has 0 saturated carbocycles. The quantitative estimate of drug-likeness (QED) is 0.745. The number of aliphatic hydroxyl groups excluding tert-OH is 1. The highest BCUT2D eigenvalue weighted by Crippen LogP contribution is 2.19. The molecule has 1 aromatic carbocycles. The monoisotopic (exact) mass is 271 g/mol. The van der Waals surface area contributed by atoms with Crippen LogP contribution < -0.4 is 5.32 Å². The van der Waals surface area contributed by atoms with Gasteiger partial charge in [0.1, 0.15) is 0 Å². The van der Waals surface area contributed by atoms with Crippen LogP contribution in [0.15, 0.2) is 22.1 Å². The molecule has 3 N–H and O–H groups in total. The fourth-order valence-corrected chi connectivity index (χ4v) is 2.21. The van der Waals surface area contributed by atoms with Crippen LogP contribution in [0.5, 0.6) is 0 Å². The molecular weight excluding hydrogens is 254 g/mol. The van der Waals surface area contributed by atoms with Gasteiger partial charge < -0.3 is 10.1 Å². The average molecular weight is 271 g/mol. The summed E-state index contributed by atoms with van der Waals surface area (Å²) in [7, 11) is 0. The molecule has 1 aliphatic heterocycles. The van der Waals surface area contributed by atoms with Gasteiger partial charge in [0.25, 0.3) is 0 Å². The third-order valence-corrected chi connectivity index (χ3v) is 3.38. The van der Waals surface area contributed by atoms with Gasteiger partial charge in [-0.05, 0) is 44.0 Å². The van der Waals surface area contributed by atoms with Crippen molar-refractivity contribution in [3.8, 4) is 0 Å². The number of nitrogens with zero attached hydrogens (tertiary/aromatic N) is 3. The van der Waals surface area contributed by atoms with Crippen LogP contribution >= 0.6 is 0 Å². The highest BCUT2D eigenvalue weighted by molar-refractivity contribution is 6.02. The maximum atomic E-state index is 9.54. The predicted octanol–water partition coefficient (Wildman–Crippen LogP) is 2.70. The molecule has 20 heavy (non-hydrogen) atoms. The van der Waals surface area contributed by atoms with Gasteiger partial charge >= 0.3 is 0 Å². The van der Waals surface area contributed by atoms with E-state index < -0.39 is 0 Å². The van der Waals surface area contributed by atoms with Crippen LogP contribution in [0.25, 0.3) is 11.0 Å². The molecule has 6 nitrogen and oxygen atoms in total. The van der Waals surface area contributed by atoms with Crippen molar-refractivity contribution in [1.29, 1.82) is 0 Å². The fourth-order valence-electron chi connectivity index (χ4n) is 2.21. The largest absolute Gasteiger partial charge is 0.496 e. The number of imidazole rings is 1. The molecule has 1 unspecified atom stereocenters. The van der Waals surface area contributed by atoms with Crippen molar-refractivity contribution < 1.29 is 5.11 Å². The Morgan fingerprint density at radius 2 is 2.05 bits per heavy atom. The van der Waals surface area contributed by atoms with E-state index in [0.717, 1.165) is 11.0 Å². The number of aliphatic imine (C=N–C) groups is 2. The number of aromatic nitrogens is 2. The van der Waals surface area contributed by atoms with Crippen molar-refractivity contribution in [1.82, 2.24) is 9.97 Å². The molecule has 1 atom stereocenters. The van der Waals surface area contributed by atoms with Gasteiger partial charge in [0.2, 0.25) is 11.9 Å². The number of benzene rings is 1. The van der Waals surface area contributed by atoms with E-state index in [1.165, 1.54) is 11.1 Å². The minimum absolute atomic E-state index is 0.0175. The van der Waals surface area contributed by atoms with E-state index in [4.69, 9.17) is 0 Å². The second-order valence-corrected chi connectivity index (χ2v) is 5.20. The maximum absolute atomic E-state index is 9.54. The molecule has 0 spiro atoms. The SMILES string of the molecule is Cc1cc2nc(NC3=NC(C)CC(O)=N3)[nH]c2cc1C. The van der Waals surface area contributed by atoms with Gasteiger partial charge in [-0.3, -0.25) is 5.32 Å². The summed E-state index contributed by atoms with van der Waals surface area (Å²) >= 11 is 0. The molecular formula is C14H17N5O. The molecule has 6 heteroatoms. The summed E-state index contributed by atoms with van der Waals surface area (Å²) < 4.78 is 0. The molecule has 0 bridgehead atoms. The lowest BCUT2D eigenvalue weighted by molar-refractivity contribution is 0.515. The van der Waals surface area contributed by atoms with Crippen LogP contribution in [-0.4, -0.2) is 33.0 Å². The lowest BCUT2D eigenvalue weighted by Gasteiger charge is -2.13. The maximum Gasteiger partial charge on any atom is 0.228 e. The number of rotatable bonds is 1. The Morgan fingerprint density at radius 3 is 2.80 bits per heavy atom. The number of fused-ring (bicyclic) bond motifs is 1. The molecule has 2 aromatic rings. The van der Waals surface area contributed by atoms with Crippen LogP contribution in [-0.2, 0) is 0 Å². The van der Waals surface area contributed by atoms with E-state index in [-0.39, 0.29) is 11.9 Å². The lowest BCUT2D eigenvalue weighted by Crippen LogP contribution is -2.22. The van der Waals surface area contributed by atoms with Gasteiger partial charge in [-0.2, -0.15) is 4.99 Å². The number of aryl methyl sites for hydroxylation is 2. The Bertz CT molecular complexity index is 689. The molecule has 104 valence electrons. The summed E-state index contributed by atoms with van der Waals surface area (Å²) in [6, 6.07) is 4.12. The lowest BCUT2D eigenvalue weighted by atomic mass is 10.1. The third-order valence-electron chi connectivity index (χ3n) is 3.38. The zero-order chi connectivity index (χ0) is 14.3. The van der Waals surface area contributed by atoms with Crippen molar-refractivity contribution in [2.75, 3.05) is 5.32 Å². The molecule has 0 aliphatic carbocycles. The van der Waals surface area contributed by atoms with E-state index in [2.05, 4.69) is 45.2 Å². The van der Waals surface area contributed by atoms with Crippen LogP contribution in [0.4, 0.5) is 5.95 Å². The van der Waals surface area contributed by atoms with Gasteiger partial charge in [-0.25, -0.2) is 9.98 Å². The van der Waals surface area contributed by atoms with E-state index in [1.54, 1.807) is 0 Å². The number of anilines is 1. The number of aliphatic hydroxyl groups is 1. The highest BCUT2D eigenvalue weighted by Gasteiger charge is 2.14. The zero-order valence-electron chi connectivity index (χ0n) is 11.7. The first-order valence-electron chi connectivity index (χ1n) is 6.59. The van der Waals surface area contributed by atoms with Crippen LogP contribution in [0.1, 0.15) is 24.5 Å². The molecule has 0 radical (unpaired) electrons. The molecule has 2 heterocycles. The van der Waals surface area contributed by atoms with Crippen molar-refractivity contribution in [2.24, 2.45) is 9.98 Å². The Kier molecular flexibility index (Phi) is 2.93. The molecule has 1 aliphatic rings. The third kappa shape index (κ3) is 2.36. The first-order chi connectivity index (χ1) is 9.51. The minimum Gasteiger partial charge on any atom is -0.496 e. The second kappa shape index (κ2) is 4.63. The van der Waals surface area contributed by atoms with Gasteiger partial charge in [-0.15, -0.1) is 0 Å². The molecule has 0 fully saturated rings. The first-order valence-corrected chi connectivity index (χ1v) is 6.59. The summed E-state index contributed by atoms with van der Waals surface area (Å²) in [5, 5.41) is 12.5. The molecule has 0 amide bonds. The van der Waals surface area contributed by atoms with Gasteiger partial charge in [0.05, 0.1) is 17.1 Å². The summed E-state index contributed by atoms with van der Waals surface area (Å²) in [5.74, 6) is 1.06. The highest BCUT2D eigenvalue weighted by atomic mass is 16.3. The summed E-state index contributed by atoms with van der Waals surface area (Å²) in [6.45, 7) is 6.06. The summed E-state index contributed by atoms with van der Waals surface area (Å²) in [5.41, 5.74) is 4.28. The van der Waals surface area contributed by atoms with E-state index in [1.807, 2.05) is 13.0 Å². The Hall–Kier alpha value is -2.37. The van der Waals surface area contributed by atoms with Crippen LogP contribution in [0.2, 0.25) is 0 Å². The van der Waals surface area contributed by atoms with E-state index in [0.29, 0.717) is 18.3 Å². The number of hydrogen-bond acceptors (Lipinski definition) is 4. The Balaban J connectivity index is 1.92. The van der Waals surface area contributed by atoms with Crippen molar-refractivity contribution in [3.05, 3.63) is 23.3 Å². The standard InChI is InChI=1S/C14H17N5O/c1-7-4-10-11(5-8(7)2)17-14(16-10)19-13-15-9(3)6-12(20)18-13/h4-5,9H,6H2,1-3H3,(H3,15,16,17,18,19,20). The normalized spacial score (nSPS) is 18.9. The van der Waals surface area contributed by atoms with Crippen molar-refractivity contribution in [3.63, 3.8) is 0 Å². The zero-order valence-corrected chi connectivity index (χ0v) is 11.7. The fraction of sp³-hybridized carbons (Fsp3) is 0.357. The van der Waals surface area contributed by atoms with Gasteiger partial charge in [0.15, 0.2) is 5.90 Å². The number of aromatic amines is 1. The minimum atomic E-state index is 0.0175. The van der Waals surface area contributed by atoms with Gasteiger partial charge in [0, 0.05) is 6.42 Å². The Labute approximate surface area is 116 Å². The topological polar surface area (TPSA) is 85.7 Å². The number of hydrogen-bond donors (Lipinski definition) is 3. The van der Waals surface area contributed by atoms with E-state index in [9.17, 15) is 5.11 Å². The second-order valence-electron chi connectivity index (χ2n) is 5.20. The first kappa shape index (κ1) is 12.7.